The molecule has 5 heteroatoms. The van der Waals surface area contributed by atoms with Gasteiger partial charge in [0.2, 0.25) is 0 Å². The number of hydrogen-bond donors (Lipinski definition) is 0. The maximum Gasteiger partial charge on any atom is 0.157 e. The van der Waals surface area contributed by atoms with Crippen LogP contribution < -0.4 is 0 Å². The van der Waals surface area contributed by atoms with Gasteiger partial charge in [-0.2, -0.15) is 0 Å². The topological polar surface area (TPSA) is 43.3 Å². The van der Waals surface area contributed by atoms with Crippen molar-refractivity contribution in [2.24, 2.45) is 4.99 Å². The Morgan fingerprint density at radius 3 is 2.70 bits per heavy atom. The first kappa shape index (κ1) is 16.3. The number of furan rings is 1. The number of imidazole rings is 1. The summed E-state index contributed by atoms with van der Waals surface area (Å²) in [5, 5.41) is 0. The lowest BCUT2D eigenvalue weighted by Gasteiger charge is -2.12. The van der Waals surface area contributed by atoms with Crippen molar-refractivity contribution in [2.45, 2.75) is 13.5 Å². The van der Waals surface area contributed by atoms with Crippen LogP contribution in [0.1, 0.15) is 22.4 Å². The van der Waals surface area contributed by atoms with Gasteiger partial charge in [0.25, 0.3) is 0 Å². The van der Waals surface area contributed by atoms with Crippen LogP contribution in [0.15, 0.2) is 81.1 Å². The Kier molecular flexibility index (Phi) is 3.83. The Labute approximate surface area is 165 Å². The van der Waals surface area contributed by atoms with Crippen LogP contribution in [0.25, 0.3) is 17.1 Å². The highest BCUT2D eigenvalue weighted by Gasteiger charge is 2.24. The number of aliphatic imine (C=N–C) groups is 1. The lowest BCUT2D eigenvalue weighted by molar-refractivity contribution is 0.578. The number of aromatic nitrogens is 2. The van der Waals surface area contributed by atoms with E-state index in [4.69, 9.17) is 9.41 Å². The van der Waals surface area contributed by atoms with E-state index in [0.717, 1.165) is 49.7 Å². The molecule has 0 saturated carbocycles. The molecule has 27 heavy (non-hydrogen) atoms. The van der Waals surface area contributed by atoms with Gasteiger partial charge in [0.05, 0.1) is 29.9 Å². The Bertz CT molecular complexity index is 1170. The minimum Gasteiger partial charge on any atom is -0.462 e. The Morgan fingerprint density at radius 2 is 1.93 bits per heavy atom. The predicted molar refractivity (Wildman–Crippen MR) is 109 cm³/mol. The molecule has 0 atom stereocenters. The molecule has 0 fully saturated rings. The number of hydrogen-bond acceptors (Lipinski definition) is 3. The molecule has 4 aromatic rings. The summed E-state index contributed by atoms with van der Waals surface area (Å²) in [7, 11) is 0. The number of rotatable bonds is 2. The van der Waals surface area contributed by atoms with E-state index in [9.17, 15) is 0 Å². The molecule has 1 aliphatic rings. The third kappa shape index (κ3) is 2.66. The molecule has 5 rings (SSSR count). The zero-order valence-electron chi connectivity index (χ0n) is 14.7. The van der Waals surface area contributed by atoms with Crippen LogP contribution in [-0.4, -0.2) is 15.3 Å². The van der Waals surface area contributed by atoms with Crippen LogP contribution in [-0.2, 0) is 6.54 Å². The number of halogens is 1. The zero-order valence-corrected chi connectivity index (χ0v) is 16.3. The summed E-state index contributed by atoms with van der Waals surface area (Å²) in [6, 6.07) is 18.5. The molecule has 0 bridgehead atoms. The van der Waals surface area contributed by atoms with Crippen LogP contribution >= 0.6 is 15.9 Å². The normalized spacial score (nSPS) is 12.9. The van der Waals surface area contributed by atoms with Gasteiger partial charge in [0, 0.05) is 15.6 Å². The molecule has 0 radical (unpaired) electrons. The highest BCUT2D eigenvalue weighted by molar-refractivity contribution is 9.10. The van der Waals surface area contributed by atoms with E-state index in [-0.39, 0.29) is 0 Å². The number of benzene rings is 2. The monoisotopic (exact) mass is 417 g/mol. The second kappa shape index (κ2) is 6.35. The average molecular weight is 418 g/mol. The van der Waals surface area contributed by atoms with Crippen LogP contribution in [0.5, 0.6) is 0 Å². The number of nitrogens with zero attached hydrogens (tertiary/aromatic N) is 3. The Morgan fingerprint density at radius 1 is 1.07 bits per heavy atom. The van der Waals surface area contributed by atoms with Crippen molar-refractivity contribution in [1.29, 1.82) is 0 Å². The van der Waals surface area contributed by atoms with Gasteiger partial charge in [-0.15, -0.1) is 0 Å². The van der Waals surface area contributed by atoms with Crippen LogP contribution in [0.4, 0.5) is 0 Å². The van der Waals surface area contributed by atoms with Crippen molar-refractivity contribution < 1.29 is 4.42 Å². The van der Waals surface area contributed by atoms with E-state index in [1.165, 1.54) is 0 Å². The fourth-order valence-electron chi connectivity index (χ4n) is 3.53. The van der Waals surface area contributed by atoms with Gasteiger partial charge in [-0.1, -0.05) is 46.3 Å². The minimum absolute atomic E-state index is 0.534. The highest BCUT2D eigenvalue weighted by Crippen LogP contribution is 2.33. The first-order valence-electron chi connectivity index (χ1n) is 8.73. The third-order valence-corrected chi connectivity index (χ3v) is 5.34. The van der Waals surface area contributed by atoms with E-state index in [1.54, 1.807) is 6.26 Å². The van der Waals surface area contributed by atoms with Crippen molar-refractivity contribution >= 4 is 21.6 Å². The molecule has 0 spiro atoms. The number of fused-ring (bicyclic) bond motifs is 3. The van der Waals surface area contributed by atoms with E-state index in [2.05, 4.69) is 49.7 Å². The molecule has 0 saturated heterocycles. The molecule has 2 aromatic carbocycles. The van der Waals surface area contributed by atoms with Gasteiger partial charge in [-0.25, -0.2) is 4.98 Å². The third-order valence-electron chi connectivity index (χ3n) is 4.85. The summed E-state index contributed by atoms with van der Waals surface area (Å²) in [4.78, 5) is 9.63. The summed E-state index contributed by atoms with van der Waals surface area (Å²) < 4.78 is 8.85. The van der Waals surface area contributed by atoms with Gasteiger partial charge in [0.1, 0.15) is 12.0 Å². The fraction of sp³-hybridized carbons (Fsp3) is 0.0909. The maximum absolute atomic E-state index is 5.70. The first-order chi connectivity index (χ1) is 13.2. The quantitative estimate of drug-likeness (QED) is 0.428. The van der Waals surface area contributed by atoms with Crippen molar-refractivity contribution in [3.05, 3.63) is 94.0 Å². The largest absolute Gasteiger partial charge is 0.462 e. The molecule has 4 nitrogen and oxygen atoms in total. The molecular weight excluding hydrogens is 402 g/mol. The predicted octanol–water partition coefficient (Wildman–Crippen LogP) is 5.55. The van der Waals surface area contributed by atoms with Crippen molar-refractivity contribution in [3.8, 4) is 17.1 Å². The summed E-state index contributed by atoms with van der Waals surface area (Å²) in [6.45, 7) is 2.57. The van der Waals surface area contributed by atoms with Crippen molar-refractivity contribution in [3.63, 3.8) is 0 Å². The molecule has 0 amide bonds. The molecule has 3 heterocycles. The Balaban J connectivity index is 1.76. The molecule has 0 unspecified atom stereocenters. The summed E-state index contributed by atoms with van der Waals surface area (Å²) >= 11 is 3.61. The van der Waals surface area contributed by atoms with Gasteiger partial charge >= 0.3 is 0 Å². The van der Waals surface area contributed by atoms with Crippen LogP contribution in [0.3, 0.4) is 0 Å². The maximum atomic E-state index is 5.70. The standard InChI is InChI=1S/C22H16BrN3O/c1-14-9-10-27-22(14)21-19-12-24-20(15-5-3-2-4-6-15)17-11-16(23)7-8-18(17)26(19)13-25-21/h2-11,13H,12H2,1H3. The first-order valence-corrected chi connectivity index (χ1v) is 9.52. The van der Waals surface area contributed by atoms with Gasteiger partial charge in [-0.05, 0) is 36.8 Å². The minimum atomic E-state index is 0.534. The van der Waals surface area contributed by atoms with Crippen molar-refractivity contribution in [2.75, 3.05) is 0 Å². The van der Waals surface area contributed by atoms with Crippen molar-refractivity contribution in [1.82, 2.24) is 9.55 Å². The summed E-state index contributed by atoms with van der Waals surface area (Å²) in [6.07, 6.45) is 3.57. The lowest BCUT2D eigenvalue weighted by Crippen LogP contribution is -2.06. The Hall–Kier alpha value is -2.92. The molecule has 132 valence electrons. The molecule has 0 N–H and O–H groups in total. The SMILES string of the molecule is Cc1ccoc1-c1ncn2c1CN=C(c1ccccc1)c1cc(Br)ccc1-2. The van der Waals surface area contributed by atoms with Gasteiger partial charge in [0.15, 0.2) is 5.76 Å². The fourth-order valence-corrected chi connectivity index (χ4v) is 3.89. The summed E-state index contributed by atoms with van der Waals surface area (Å²) in [5.74, 6) is 0.806. The van der Waals surface area contributed by atoms with E-state index in [1.807, 2.05) is 43.6 Å². The van der Waals surface area contributed by atoms with Crippen LogP contribution in [0.2, 0.25) is 0 Å². The highest BCUT2D eigenvalue weighted by atomic mass is 79.9. The second-order valence-electron chi connectivity index (χ2n) is 6.53. The van der Waals surface area contributed by atoms with Gasteiger partial charge < -0.3 is 4.42 Å². The van der Waals surface area contributed by atoms with E-state index in [0.29, 0.717) is 6.54 Å². The summed E-state index contributed by atoms with van der Waals surface area (Å²) in [5.41, 5.74) is 7.19. The zero-order chi connectivity index (χ0) is 18.4. The molecular formula is C22H16BrN3O. The van der Waals surface area contributed by atoms with Crippen LogP contribution in [0, 0.1) is 6.92 Å². The molecule has 2 aromatic heterocycles. The lowest BCUT2D eigenvalue weighted by atomic mass is 10.0. The van der Waals surface area contributed by atoms with E-state index < -0.39 is 0 Å². The smallest absolute Gasteiger partial charge is 0.157 e. The molecule has 0 aliphatic carbocycles. The molecule has 1 aliphatic heterocycles. The number of aryl methyl sites for hydroxylation is 1. The van der Waals surface area contributed by atoms with Gasteiger partial charge in [-0.3, -0.25) is 9.56 Å². The second-order valence-corrected chi connectivity index (χ2v) is 7.45. The van der Waals surface area contributed by atoms with E-state index >= 15 is 0 Å². The average Bonchev–Trinajstić information content (AvgIpc) is 3.25.